The number of benzene rings is 1. The maximum Gasteiger partial charge on any atom is 0.135 e. The molecule has 0 aliphatic heterocycles. The summed E-state index contributed by atoms with van der Waals surface area (Å²) in [5.41, 5.74) is 2.88. The summed E-state index contributed by atoms with van der Waals surface area (Å²) < 4.78 is 26.9. The van der Waals surface area contributed by atoms with Gasteiger partial charge in [0.15, 0.2) is 0 Å². The van der Waals surface area contributed by atoms with Gasteiger partial charge in [0, 0.05) is 17.3 Å². The van der Waals surface area contributed by atoms with Crippen molar-refractivity contribution in [1.29, 1.82) is 0 Å². The van der Waals surface area contributed by atoms with E-state index in [9.17, 15) is 8.78 Å². The molecule has 0 unspecified atom stereocenters. The van der Waals surface area contributed by atoms with Gasteiger partial charge in [-0.05, 0) is 45.7 Å². The molecule has 0 fully saturated rings. The van der Waals surface area contributed by atoms with Crippen molar-refractivity contribution < 1.29 is 8.78 Å². The molecule has 1 rings (SSSR count). The van der Waals surface area contributed by atoms with Crippen LogP contribution in [0.3, 0.4) is 0 Å². The summed E-state index contributed by atoms with van der Waals surface area (Å²) >= 11 is 0. The minimum atomic E-state index is -0.567. The van der Waals surface area contributed by atoms with Crippen LogP contribution >= 0.6 is 0 Å². The van der Waals surface area contributed by atoms with Crippen LogP contribution in [0.5, 0.6) is 0 Å². The molecule has 0 aromatic heterocycles. The van der Waals surface area contributed by atoms with E-state index in [-0.39, 0.29) is 0 Å². The molecule has 3 heteroatoms. The molecule has 1 aromatic carbocycles. The maximum absolute atomic E-state index is 13.9. The topological polar surface area (TPSA) is 12.4 Å². The van der Waals surface area contributed by atoms with Crippen molar-refractivity contribution in [2.45, 2.75) is 67.2 Å². The quantitative estimate of drug-likeness (QED) is 0.405. The Kier molecular flexibility index (Phi) is 10.3. The number of hydrogen-bond acceptors (Lipinski definition) is 1. The molecule has 0 atom stereocenters. The lowest BCUT2D eigenvalue weighted by Crippen LogP contribution is -1.97. The van der Waals surface area contributed by atoms with Gasteiger partial charge in [0.25, 0.3) is 0 Å². The number of allylic oxidation sites excluding steroid dienone is 1. The number of hydrogen-bond donors (Lipinski definition) is 0. The van der Waals surface area contributed by atoms with Crippen LogP contribution in [0.2, 0.25) is 0 Å². The van der Waals surface area contributed by atoms with E-state index in [0.717, 1.165) is 36.6 Å². The van der Waals surface area contributed by atoms with E-state index < -0.39 is 11.6 Å². The Bertz CT molecular complexity index is 512. The number of halogens is 2. The van der Waals surface area contributed by atoms with Gasteiger partial charge in [-0.3, -0.25) is 4.99 Å². The van der Waals surface area contributed by atoms with Crippen LogP contribution in [0, 0.1) is 11.6 Å². The third kappa shape index (κ3) is 6.97. The van der Waals surface area contributed by atoms with E-state index in [1.807, 2.05) is 34.6 Å². The minimum Gasteiger partial charge on any atom is -0.257 e. The molecule has 0 heterocycles. The third-order valence-corrected chi connectivity index (χ3v) is 3.10. The predicted molar refractivity (Wildman–Crippen MR) is 93.2 cm³/mol. The molecular formula is C19H29F2N. The van der Waals surface area contributed by atoms with Crippen molar-refractivity contribution >= 4 is 11.4 Å². The normalized spacial score (nSPS) is 10.8. The molecule has 22 heavy (non-hydrogen) atoms. The van der Waals surface area contributed by atoms with Crippen LogP contribution in [-0.4, -0.2) is 5.71 Å². The van der Waals surface area contributed by atoms with Crippen molar-refractivity contribution in [2.75, 3.05) is 0 Å². The second-order valence-electron chi connectivity index (χ2n) is 5.28. The van der Waals surface area contributed by atoms with E-state index in [0.29, 0.717) is 11.3 Å². The molecule has 0 radical (unpaired) electrons. The fraction of sp³-hybridized carbons (Fsp3) is 0.526. The zero-order valence-corrected chi connectivity index (χ0v) is 14.8. The molecule has 1 nitrogen and oxygen atoms in total. The summed E-state index contributed by atoms with van der Waals surface area (Å²) in [5.74, 6) is -1.13. The number of nitrogens with zero attached hydrogens (tertiary/aromatic N) is 1. The summed E-state index contributed by atoms with van der Waals surface area (Å²) in [7, 11) is 0. The van der Waals surface area contributed by atoms with Gasteiger partial charge < -0.3 is 0 Å². The van der Waals surface area contributed by atoms with E-state index in [1.54, 1.807) is 0 Å². The molecule has 0 aliphatic carbocycles. The Hall–Kier alpha value is -1.51. The second-order valence-corrected chi connectivity index (χ2v) is 5.28. The summed E-state index contributed by atoms with van der Waals surface area (Å²) in [6, 6.07) is 3.62. The van der Waals surface area contributed by atoms with Gasteiger partial charge in [-0.2, -0.15) is 0 Å². The van der Waals surface area contributed by atoms with Crippen molar-refractivity contribution in [3.05, 3.63) is 41.0 Å². The number of rotatable bonds is 6. The molecule has 0 amide bonds. The Balaban J connectivity index is 0.00000211. The van der Waals surface area contributed by atoms with Gasteiger partial charge in [0.05, 0.1) is 5.70 Å². The van der Waals surface area contributed by atoms with Crippen molar-refractivity contribution in [3.63, 3.8) is 0 Å². The lowest BCUT2D eigenvalue weighted by molar-refractivity contribution is 0.580. The molecule has 0 aliphatic rings. The molecule has 0 saturated carbocycles. The molecule has 0 N–H and O–H groups in total. The van der Waals surface area contributed by atoms with Crippen LogP contribution in [0.15, 0.2) is 28.8 Å². The van der Waals surface area contributed by atoms with Gasteiger partial charge >= 0.3 is 0 Å². The van der Waals surface area contributed by atoms with Gasteiger partial charge in [0.1, 0.15) is 11.6 Å². The highest BCUT2D eigenvalue weighted by molar-refractivity contribution is 5.88. The zero-order valence-electron chi connectivity index (χ0n) is 14.8. The average Bonchev–Trinajstić information content (AvgIpc) is 2.47. The molecule has 0 spiro atoms. The number of aliphatic imine (C=N–C) groups is 1. The molecular weight excluding hydrogens is 280 g/mol. The largest absolute Gasteiger partial charge is 0.257 e. The van der Waals surface area contributed by atoms with Gasteiger partial charge in [-0.25, -0.2) is 8.78 Å². The van der Waals surface area contributed by atoms with E-state index in [4.69, 9.17) is 0 Å². The van der Waals surface area contributed by atoms with Crippen LogP contribution < -0.4 is 0 Å². The first-order valence-corrected chi connectivity index (χ1v) is 8.12. The first-order chi connectivity index (χ1) is 10.5. The van der Waals surface area contributed by atoms with E-state index in [1.165, 1.54) is 18.6 Å². The maximum atomic E-state index is 13.9. The first kappa shape index (κ1) is 20.5. The molecule has 1 aromatic rings. The highest BCUT2D eigenvalue weighted by Gasteiger charge is 2.10. The van der Waals surface area contributed by atoms with E-state index >= 15 is 0 Å². The highest BCUT2D eigenvalue weighted by Crippen LogP contribution is 2.24. The number of unbranched alkanes of at least 4 members (excludes halogenated alkanes) is 2. The second kappa shape index (κ2) is 11.1. The van der Waals surface area contributed by atoms with Crippen molar-refractivity contribution in [3.8, 4) is 0 Å². The van der Waals surface area contributed by atoms with E-state index in [2.05, 4.69) is 11.9 Å². The SMILES string of the molecule is CC.CCCCCC(C)=NC(=C(C)C)c1ccc(F)cc1F. The highest BCUT2D eigenvalue weighted by atomic mass is 19.1. The van der Waals surface area contributed by atoms with Crippen LogP contribution in [0.1, 0.15) is 72.8 Å². The van der Waals surface area contributed by atoms with Crippen LogP contribution in [-0.2, 0) is 0 Å². The zero-order chi connectivity index (χ0) is 17.1. The standard InChI is InChI=1S/C17H23F2N.C2H6/c1-5-6-7-8-13(4)20-17(12(2)3)15-10-9-14(18)11-16(15)19;1-2/h9-11H,5-8H2,1-4H3;1-2H3. The van der Waals surface area contributed by atoms with Crippen LogP contribution in [0.4, 0.5) is 8.78 Å². The smallest absolute Gasteiger partial charge is 0.135 e. The lowest BCUT2D eigenvalue weighted by atomic mass is 10.1. The monoisotopic (exact) mass is 309 g/mol. The Labute approximate surface area is 134 Å². The first-order valence-electron chi connectivity index (χ1n) is 8.12. The Morgan fingerprint density at radius 2 is 1.68 bits per heavy atom. The summed E-state index contributed by atoms with van der Waals surface area (Å²) in [4.78, 5) is 4.54. The van der Waals surface area contributed by atoms with Gasteiger partial charge in [-0.15, -0.1) is 0 Å². The Morgan fingerprint density at radius 1 is 1.05 bits per heavy atom. The molecule has 0 bridgehead atoms. The molecule has 0 saturated heterocycles. The third-order valence-electron chi connectivity index (χ3n) is 3.10. The minimum absolute atomic E-state index is 0.362. The van der Waals surface area contributed by atoms with Gasteiger partial charge in [-0.1, -0.05) is 39.2 Å². The average molecular weight is 309 g/mol. The fourth-order valence-corrected chi connectivity index (χ4v) is 2.00. The lowest BCUT2D eigenvalue weighted by Gasteiger charge is -2.09. The summed E-state index contributed by atoms with van der Waals surface area (Å²) in [6.45, 7) is 11.9. The van der Waals surface area contributed by atoms with Crippen molar-refractivity contribution in [1.82, 2.24) is 0 Å². The fourth-order valence-electron chi connectivity index (χ4n) is 2.00. The summed E-state index contributed by atoms with van der Waals surface area (Å²) in [6.07, 6.45) is 4.33. The Morgan fingerprint density at radius 3 is 2.18 bits per heavy atom. The summed E-state index contributed by atoms with van der Waals surface area (Å²) in [5, 5.41) is 0. The van der Waals surface area contributed by atoms with Gasteiger partial charge in [0.2, 0.25) is 0 Å². The molecule has 124 valence electrons. The predicted octanol–water partition coefficient (Wildman–Crippen LogP) is 6.78. The van der Waals surface area contributed by atoms with Crippen molar-refractivity contribution in [2.24, 2.45) is 4.99 Å². The van der Waals surface area contributed by atoms with Crippen LogP contribution in [0.25, 0.3) is 5.70 Å².